The van der Waals surface area contributed by atoms with Crippen LogP contribution in [0, 0.1) is 5.92 Å². The topological polar surface area (TPSA) is 103 Å². The van der Waals surface area contributed by atoms with Gasteiger partial charge in [-0.15, -0.1) is 0 Å². The lowest BCUT2D eigenvalue weighted by atomic mass is 10.0. The molecule has 142 valence electrons. The predicted octanol–water partition coefficient (Wildman–Crippen LogP) is 1.93. The van der Waals surface area contributed by atoms with E-state index >= 15 is 0 Å². The van der Waals surface area contributed by atoms with Crippen LogP contribution < -0.4 is 10.6 Å². The van der Waals surface area contributed by atoms with E-state index in [4.69, 9.17) is 0 Å². The maximum atomic E-state index is 12.5. The molecule has 0 fully saturated rings. The third-order valence-corrected chi connectivity index (χ3v) is 4.54. The Morgan fingerprint density at radius 2 is 2.00 bits per heavy atom. The Hall–Kier alpha value is -3.09. The highest BCUT2D eigenvalue weighted by Gasteiger charge is 2.24. The van der Waals surface area contributed by atoms with Crippen molar-refractivity contribution in [2.45, 2.75) is 32.7 Å². The van der Waals surface area contributed by atoms with Gasteiger partial charge in [0.05, 0.1) is 12.7 Å². The number of aromatic amines is 2. The summed E-state index contributed by atoms with van der Waals surface area (Å²) in [7, 11) is 0. The summed E-state index contributed by atoms with van der Waals surface area (Å²) in [5, 5.41) is 6.79. The molecule has 0 aliphatic heterocycles. The molecule has 0 bridgehead atoms. The van der Waals surface area contributed by atoms with Crippen LogP contribution in [0.1, 0.15) is 25.1 Å². The Morgan fingerprint density at radius 1 is 1.19 bits per heavy atom. The second kappa shape index (κ2) is 8.53. The summed E-state index contributed by atoms with van der Waals surface area (Å²) in [5.41, 5.74) is 2.88. The summed E-state index contributed by atoms with van der Waals surface area (Å²) < 4.78 is 0. The number of rotatable bonds is 8. The average Bonchev–Trinajstić information content (AvgIpc) is 3.30. The molecule has 0 saturated carbocycles. The van der Waals surface area contributed by atoms with E-state index in [2.05, 4.69) is 25.6 Å². The van der Waals surface area contributed by atoms with Gasteiger partial charge < -0.3 is 20.6 Å². The van der Waals surface area contributed by atoms with Gasteiger partial charge in [-0.3, -0.25) is 9.59 Å². The van der Waals surface area contributed by atoms with Gasteiger partial charge in [-0.25, -0.2) is 4.98 Å². The zero-order valence-electron chi connectivity index (χ0n) is 15.6. The summed E-state index contributed by atoms with van der Waals surface area (Å²) in [4.78, 5) is 35.1. The first-order valence-electron chi connectivity index (χ1n) is 9.14. The smallest absolute Gasteiger partial charge is 0.242 e. The molecule has 1 atom stereocenters. The van der Waals surface area contributed by atoms with Crippen molar-refractivity contribution in [1.29, 1.82) is 0 Å². The lowest BCUT2D eigenvalue weighted by Crippen LogP contribution is -2.50. The van der Waals surface area contributed by atoms with E-state index in [1.807, 2.05) is 44.3 Å². The number of hydrogen-bond donors (Lipinski definition) is 4. The van der Waals surface area contributed by atoms with Crippen LogP contribution in [0.2, 0.25) is 0 Å². The van der Waals surface area contributed by atoms with Gasteiger partial charge >= 0.3 is 0 Å². The maximum Gasteiger partial charge on any atom is 0.242 e. The molecule has 3 aromatic rings. The van der Waals surface area contributed by atoms with Crippen LogP contribution in [0.5, 0.6) is 0 Å². The van der Waals surface area contributed by atoms with Crippen LogP contribution in [0.15, 0.2) is 43.0 Å². The minimum atomic E-state index is -0.565. The molecule has 2 amide bonds. The molecule has 4 N–H and O–H groups in total. The van der Waals surface area contributed by atoms with Gasteiger partial charge in [-0.05, 0) is 17.5 Å². The predicted molar refractivity (Wildman–Crippen MR) is 104 cm³/mol. The number of carbonyl (C=O) groups is 2. The molecule has 0 saturated heterocycles. The molecule has 2 aromatic heterocycles. The van der Waals surface area contributed by atoms with E-state index in [1.54, 1.807) is 12.5 Å². The summed E-state index contributed by atoms with van der Waals surface area (Å²) in [6.07, 6.45) is 6.08. The van der Waals surface area contributed by atoms with E-state index in [0.717, 1.165) is 22.2 Å². The van der Waals surface area contributed by atoms with Gasteiger partial charge in [0.2, 0.25) is 11.8 Å². The summed E-state index contributed by atoms with van der Waals surface area (Å²) in [6, 6.07) is 7.29. The molecule has 0 aliphatic rings. The second-order valence-electron chi connectivity index (χ2n) is 6.94. The largest absolute Gasteiger partial charge is 0.361 e. The number of nitrogens with one attached hydrogen (secondary N) is 4. The fourth-order valence-electron chi connectivity index (χ4n) is 3.06. The van der Waals surface area contributed by atoms with E-state index in [-0.39, 0.29) is 24.2 Å². The number of amides is 2. The molecule has 7 nitrogen and oxygen atoms in total. The van der Waals surface area contributed by atoms with Crippen LogP contribution in [0.3, 0.4) is 0 Å². The van der Waals surface area contributed by atoms with Crippen molar-refractivity contribution in [2.24, 2.45) is 5.92 Å². The molecular weight excluding hydrogens is 342 g/mol. The van der Waals surface area contributed by atoms with Gasteiger partial charge in [-0.2, -0.15) is 0 Å². The third-order valence-electron chi connectivity index (χ3n) is 4.54. The number of hydrogen-bond acceptors (Lipinski definition) is 3. The minimum Gasteiger partial charge on any atom is -0.361 e. The maximum absolute atomic E-state index is 12.5. The lowest BCUT2D eigenvalue weighted by molar-refractivity contribution is -0.129. The molecule has 27 heavy (non-hydrogen) atoms. The number of H-pyrrole nitrogens is 2. The molecule has 7 heteroatoms. The highest BCUT2D eigenvalue weighted by molar-refractivity contribution is 5.92. The van der Waals surface area contributed by atoms with E-state index < -0.39 is 6.04 Å². The Kier molecular flexibility index (Phi) is 5.90. The molecule has 2 heterocycles. The average molecular weight is 367 g/mol. The fourth-order valence-corrected chi connectivity index (χ4v) is 3.06. The zero-order chi connectivity index (χ0) is 19.2. The number of nitrogens with zero attached hydrogens (tertiary/aromatic N) is 1. The molecule has 0 spiro atoms. The Morgan fingerprint density at radius 3 is 2.74 bits per heavy atom. The highest BCUT2D eigenvalue weighted by atomic mass is 16.2. The lowest BCUT2D eigenvalue weighted by Gasteiger charge is -2.21. The molecule has 1 unspecified atom stereocenters. The Labute approximate surface area is 158 Å². The van der Waals surface area contributed by atoms with Crippen LogP contribution in [0.25, 0.3) is 10.9 Å². The monoisotopic (exact) mass is 367 g/mol. The number of para-hydroxylation sites is 1. The van der Waals surface area contributed by atoms with E-state index in [9.17, 15) is 9.59 Å². The van der Waals surface area contributed by atoms with Gasteiger partial charge in [-0.1, -0.05) is 32.0 Å². The number of aromatic nitrogens is 3. The normalized spacial score (nSPS) is 12.3. The van der Waals surface area contributed by atoms with Crippen molar-refractivity contribution in [1.82, 2.24) is 25.6 Å². The summed E-state index contributed by atoms with van der Waals surface area (Å²) in [6.45, 7) is 4.33. The van der Waals surface area contributed by atoms with Crippen molar-refractivity contribution in [3.05, 3.63) is 54.2 Å². The van der Waals surface area contributed by atoms with Crippen LogP contribution >= 0.6 is 0 Å². The van der Waals surface area contributed by atoms with Crippen molar-refractivity contribution in [2.75, 3.05) is 6.54 Å². The summed E-state index contributed by atoms with van der Waals surface area (Å²) in [5.74, 6) is -0.344. The number of carbonyl (C=O) groups excluding carboxylic acids is 2. The van der Waals surface area contributed by atoms with Crippen molar-refractivity contribution >= 4 is 22.7 Å². The first-order valence-corrected chi connectivity index (χ1v) is 9.14. The van der Waals surface area contributed by atoms with Crippen LogP contribution in [-0.2, 0) is 22.4 Å². The van der Waals surface area contributed by atoms with Gasteiger partial charge in [0.1, 0.15) is 6.04 Å². The van der Waals surface area contributed by atoms with Crippen molar-refractivity contribution in [3.63, 3.8) is 0 Å². The quantitative estimate of drug-likeness (QED) is 0.489. The molecule has 0 aliphatic carbocycles. The minimum absolute atomic E-state index is 0.0101. The van der Waals surface area contributed by atoms with Crippen LogP contribution in [0.4, 0.5) is 0 Å². The second-order valence-corrected chi connectivity index (χ2v) is 6.94. The molecule has 3 rings (SSSR count). The molecule has 1 aromatic carbocycles. The van der Waals surface area contributed by atoms with E-state index in [0.29, 0.717) is 13.0 Å². The zero-order valence-corrected chi connectivity index (χ0v) is 15.6. The number of imidazole rings is 1. The van der Waals surface area contributed by atoms with Crippen molar-refractivity contribution < 1.29 is 9.59 Å². The van der Waals surface area contributed by atoms with Gasteiger partial charge in [0.25, 0.3) is 0 Å². The molecule has 0 radical (unpaired) electrons. The van der Waals surface area contributed by atoms with Gasteiger partial charge in [0, 0.05) is 42.0 Å². The highest BCUT2D eigenvalue weighted by Crippen LogP contribution is 2.18. The van der Waals surface area contributed by atoms with Crippen molar-refractivity contribution in [3.8, 4) is 0 Å². The number of fused-ring (bicyclic) bond motifs is 1. The number of benzene rings is 1. The van der Waals surface area contributed by atoms with Crippen LogP contribution in [-0.4, -0.2) is 39.4 Å². The van der Waals surface area contributed by atoms with E-state index in [1.165, 1.54) is 0 Å². The van der Waals surface area contributed by atoms with Gasteiger partial charge in [0.15, 0.2) is 0 Å². The fraction of sp³-hybridized carbons (Fsp3) is 0.350. The first-order chi connectivity index (χ1) is 13.0. The standard InChI is InChI=1S/C20H25N5O2/c1-13(2)19(20(27)22-8-7-15-11-21-12-24-15)25-18(26)9-14-10-23-17-6-4-3-5-16(14)17/h3-6,10-13,19,23H,7-9H2,1-2H3,(H,21,24)(H,22,27)(H,25,26). The molecular formula is C20H25N5O2. The summed E-state index contributed by atoms with van der Waals surface area (Å²) >= 11 is 0. The SMILES string of the molecule is CC(C)C(NC(=O)Cc1c[nH]c2ccccc12)C(=O)NCCc1cnc[nH]1. The third kappa shape index (κ3) is 4.75. The first kappa shape index (κ1) is 18.7. The Bertz CT molecular complexity index is 898. The Balaban J connectivity index is 1.56.